The summed E-state index contributed by atoms with van der Waals surface area (Å²) in [5, 5.41) is 0. The Kier molecular flexibility index (Phi) is 1.59. The summed E-state index contributed by atoms with van der Waals surface area (Å²) in [6, 6.07) is 0. The third-order valence-electron chi connectivity index (χ3n) is 2.37. The molecule has 0 N–H and O–H groups in total. The first-order chi connectivity index (χ1) is 4.40. The van der Waals surface area contributed by atoms with Crippen molar-refractivity contribution in [1.82, 2.24) is 0 Å². The average molecular weight is 142 g/mol. The fourth-order valence-electron chi connectivity index (χ4n) is 1.60. The Morgan fingerprint density at radius 2 is 1.90 bits per heavy atom. The van der Waals surface area contributed by atoms with Crippen LogP contribution in [0.3, 0.4) is 0 Å². The van der Waals surface area contributed by atoms with Gasteiger partial charge in [-0.05, 0) is 18.8 Å². The van der Waals surface area contributed by atoms with Gasteiger partial charge in [-0.15, -0.1) is 0 Å². The fourth-order valence-corrected chi connectivity index (χ4v) is 1.60. The molecule has 0 radical (unpaired) electrons. The zero-order valence-electron chi connectivity index (χ0n) is 7.69. The molecular formula is C9H18O. The molecule has 1 fully saturated rings. The zero-order chi connectivity index (χ0) is 7.99. The lowest BCUT2D eigenvalue weighted by atomic mass is 9.84. The van der Waals surface area contributed by atoms with E-state index in [1.807, 2.05) is 0 Å². The molecule has 0 amide bonds. The second-order valence-corrected chi connectivity index (χ2v) is 4.53. The van der Waals surface area contributed by atoms with Gasteiger partial charge >= 0.3 is 0 Å². The molecule has 2 unspecified atom stereocenters. The van der Waals surface area contributed by atoms with E-state index in [1.54, 1.807) is 0 Å². The molecule has 0 bridgehead atoms. The van der Waals surface area contributed by atoms with E-state index in [2.05, 4.69) is 34.6 Å². The summed E-state index contributed by atoms with van der Waals surface area (Å²) < 4.78 is 5.62. The maximum atomic E-state index is 5.62. The molecule has 0 spiro atoms. The maximum absolute atomic E-state index is 5.62. The second-order valence-electron chi connectivity index (χ2n) is 4.53. The van der Waals surface area contributed by atoms with Crippen LogP contribution >= 0.6 is 0 Å². The van der Waals surface area contributed by atoms with Crippen LogP contribution in [-0.2, 0) is 4.74 Å². The quantitative estimate of drug-likeness (QED) is 0.513. The van der Waals surface area contributed by atoms with Gasteiger partial charge in [-0.2, -0.15) is 0 Å². The molecule has 1 rings (SSSR count). The number of hydrogen-bond acceptors (Lipinski definition) is 1. The fraction of sp³-hybridized carbons (Fsp3) is 1.00. The predicted molar refractivity (Wildman–Crippen MR) is 43.0 cm³/mol. The van der Waals surface area contributed by atoms with Crippen LogP contribution in [0.15, 0.2) is 0 Å². The minimum atomic E-state index is 0.193. The molecule has 1 saturated heterocycles. The Morgan fingerprint density at radius 1 is 1.40 bits per heavy atom. The van der Waals surface area contributed by atoms with E-state index in [-0.39, 0.29) is 5.60 Å². The third kappa shape index (κ3) is 1.20. The summed E-state index contributed by atoms with van der Waals surface area (Å²) in [5.74, 6) is 0. The minimum absolute atomic E-state index is 0.193. The van der Waals surface area contributed by atoms with Gasteiger partial charge in [-0.3, -0.25) is 0 Å². The van der Waals surface area contributed by atoms with Crippen molar-refractivity contribution in [2.24, 2.45) is 5.41 Å². The molecule has 10 heavy (non-hydrogen) atoms. The highest BCUT2D eigenvalue weighted by Gasteiger charge is 2.56. The molecule has 0 aliphatic carbocycles. The summed E-state index contributed by atoms with van der Waals surface area (Å²) in [6.45, 7) is 11.1. The molecule has 1 aliphatic heterocycles. The van der Waals surface area contributed by atoms with E-state index < -0.39 is 0 Å². The van der Waals surface area contributed by atoms with Crippen molar-refractivity contribution in [1.29, 1.82) is 0 Å². The van der Waals surface area contributed by atoms with E-state index in [0.717, 1.165) is 6.42 Å². The summed E-state index contributed by atoms with van der Waals surface area (Å²) in [6.07, 6.45) is 1.61. The molecule has 0 aromatic carbocycles. The number of hydrogen-bond donors (Lipinski definition) is 0. The minimum Gasteiger partial charge on any atom is -0.366 e. The van der Waals surface area contributed by atoms with Crippen molar-refractivity contribution >= 4 is 0 Å². The van der Waals surface area contributed by atoms with Gasteiger partial charge in [0.05, 0.1) is 11.7 Å². The molecule has 1 nitrogen and oxygen atoms in total. The first kappa shape index (κ1) is 8.06. The van der Waals surface area contributed by atoms with Gasteiger partial charge in [0.25, 0.3) is 0 Å². The lowest BCUT2D eigenvalue weighted by Gasteiger charge is -2.16. The van der Waals surface area contributed by atoms with Gasteiger partial charge in [0.1, 0.15) is 0 Å². The maximum Gasteiger partial charge on any atom is 0.0923 e. The van der Waals surface area contributed by atoms with Crippen LogP contribution in [0.4, 0.5) is 0 Å². The summed E-state index contributed by atoms with van der Waals surface area (Å²) in [5.41, 5.74) is 0.517. The molecule has 1 heteroatoms. The van der Waals surface area contributed by atoms with E-state index in [4.69, 9.17) is 4.74 Å². The molecule has 2 atom stereocenters. The third-order valence-corrected chi connectivity index (χ3v) is 2.37. The topological polar surface area (TPSA) is 12.5 Å². The van der Waals surface area contributed by atoms with E-state index >= 15 is 0 Å². The molecule has 0 saturated carbocycles. The lowest BCUT2D eigenvalue weighted by molar-refractivity contribution is 0.247. The van der Waals surface area contributed by atoms with Crippen molar-refractivity contribution in [2.45, 2.75) is 52.7 Å². The molecule has 0 aromatic heterocycles. The number of rotatable bonds is 1. The first-order valence-electron chi connectivity index (χ1n) is 4.08. The van der Waals surface area contributed by atoms with E-state index in [9.17, 15) is 0 Å². The average Bonchev–Trinajstić information content (AvgIpc) is 2.43. The molecule has 1 heterocycles. The number of ether oxygens (including phenoxy) is 1. The highest BCUT2D eigenvalue weighted by atomic mass is 16.6. The van der Waals surface area contributed by atoms with Crippen molar-refractivity contribution in [3.63, 3.8) is 0 Å². The van der Waals surface area contributed by atoms with Crippen LogP contribution < -0.4 is 0 Å². The Bertz CT molecular complexity index is 134. The molecule has 1 aliphatic rings. The van der Waals surface area contributed by atoms with Gasteiger partial charge in [0, 0.05) is 0 Å². The second kappa shape index (κ2) is 1.97. The van der Waals surface area contributed by atoms with Gasteiger partial charge in [-0.1, -0.05) is 27.7 Å². The van der Waals surface area contributed by atoms with Crippen molar-refractivity contribution in [3.8, 4) is 0 Å². The van der Waals surface area contributed by atoms with Crippen LogP contribution in [0.2, 0.25) is 0 Å². The van der Waals surface area contributed by atoms with Crippen LogP contribution in [0, 0.1) is 5.41 Å². The predicted octanol–water partition coefficient (Wildman–Crippen LogP) is 2.60. The van der Waals surface area contributed by atoms with E-state index in [1.165, 1.54) is 0 Å². The largest absolute Gasteiger partial charge is 0.366 e. The SMILES string of the molecule is CCC1(C)OC1C(C)(C)C. The zero-order valence-corrected chi connectivity index (χ0v) is 7.69. The number of epoxide rings is 1. The lowest BCUT2D eigenvalue weighted by Crippen LogP contribution is -2.21. The van der Waals surface area contributed by atoms with Gasteiger partial charge in [-0.25, -0.2) is 0 Å². The summed E-state index contributed by atoms with van der Waals surface area (Å²) in [7, 11) is 0. The van der Waals surface area contributed by atoms with Crippen LogP contribution in [0.5, 0.6) is 0 Å². The van der Waals surface area contributed by atoms with Crippen molar-refractivity contribution in [2.75, 3.05) is 0 Å². The molecular weight excluding hydrogens is 124 g/mol. The Labute approximate surface area is 63.8 Å². The van der Waals surface area contributed by atoms with Crippen molar-refractivity contribution < 1.29 is 4.74 Å². The Balaban J connectivity index is 2.52. The van der Waals surface area contributed by atoms with Crippen LogP contribution in [0.25, 0.3) is 0 Å². The molecule has 60 valence electrons. The Hall–Kier alpha value is -0.0400. The Morgan fingerprint density at radius 3 is 2.00 bits per heavy atom. The van der Waals surface area contributed by atoms with Gasteiger partial charge < -0.3 is 4.74 Å². The highest BCUT2D eigenvalue weighted by Crippen LogP contribution is 2.48. The highest BCUT2D eigenvalue weighted by molar-refractivity contribution is 5.03. The smallest absolute Gasteiger partial charge is 0.0923 e. The molecule has 0 aromatic rings. The summed E-state index contributed by atoms with van der Waals surface area (Å²) in [4.78, 5) is 0. The normalized spacial score (nSPS) is 39.9. The van der Waals surface area contributed by atoms with Crippen molar-refractivity contribution in [3.05, 3.63) is 0 Å². The van der Waals surface area contributed by atoms with E-state index in [0.29, 0.717) is 11.5 Å². The monoisotopic (exact) mass is 142 g/mol. The summed E-state index contributed by atoms with van der Waals surface area (Å²) >= 11 is 0. The standard InChI is InChI=1S/C9H18O/c1-6-9(5)7(10-9)8(2,3)4/h7H,6H2,1-5H3. The van der Waals surface area contributed by atoms with Gasteiger partial charge in [0.15, 0.2) is 0 Å². The first-order valence-corrected chi connectivity index (χ1v) is 4.08. The van der Waals surface area contributed by atoms with Crippen LogP contribution in [0.1, 0.15) is 41.0 Å². The van der Waals surface area contributed by atoms with Gasteiger partial charge in [0.2, 0.25) is 0 Å². The van der Waals surface area contributed by atoms with Crippen LogP contribution in [-0.4, -0.2) is 11.7 Å².